The number of unbranched alkanes of at least 4 members (excludes halogenated alkanes) is 7. The molecule has 11 heteroatoms. The summed E-state index contributed by atoms with van der Waals surface area (Å²) in [5, 5.41) is 0.174. The molecule has 0 saturated carbocycles. The molecule has 0 bridgehead atoms. The summed E-state index contributed by atoms with van der Waals surface area (Å²) in [6.07, 6.45) is 10.2. The van der Waals surface area contributed by atoms with Crippen molar-refractivity contribution in [2.45, 2.75) is 77.7 Å². The summed E-state index contributed by atoms with van der Waals surface area (Å²) in [6.45, 7) is 7.38. The molecule has 1 aliphatic rings. The Morgan fingerprint density at radius 3 is 2.04 bits per heavy atom. The van der Waals surface area contributed by atoms with Crippen molar-refractivity contribution in [1.29, 1.82) is 0 Å². The highest BCUT2D eigenvalue weighted by Gasteiger charge is 2.28. The smallest absolute Gasteiger partial charge is 0.362 e. The van der Waals surface area contributed by atoms with Crippen LogP contribution in [0.3, 0.4) is 0 Å². The van der Waals surface area contributed by atoms with Gasteiger partial charge in [0.05, 0.1) is 52.9 Å². The lowest BCUT2D eigenvalue weighted by Gasteiger charge is -2.21. The normalized spacial score (nSPS) is 18.6. The van der Waals surface area contributed by atoms with Crippen molar-refractivity contribution < 1.29 is 47.1 Å². The molecular formula is C35H55O10P. The Morgan fingerprint density at radius 2 is 1.37 bits per heavy atom. The van der Waals surface area contributed by atoms with Crippen LogP contribution >= 0.6 is 7.60 Å². The van der Waals surface area contributed by atoms with Crippen LogP contribution in [-0.4, -0.2) is 83.7 Å². The quantitative estimate of drug-likeness (QED) is 0.167. The van der Waals surface area contributed by atoms with Crippen molar-refractivity contribution in [3.05, 3.63) is 48.0 Å². The zero-order valence-corrected chi connectivity index (χ0v) is 28.7. The van der Waals surface area contributed by atoms with Crippen LogP contribution in [0.15, 0.2) is 42.5 Å². The van der Waals surface area contributed by atoms with Gasteiger partial charge in [0.15, 0.2) is 11.5 Å². The molecule has 0 radical (unpaired) electrons. The van der Waals surface area contributed by atoms with Crippen LogP contribution < -0.4 is 19.5 Å². The molecule has 1 heterocycles. The third-order valence-electron chi connectivity index (χ3n) is 7.45. The first-order valence-corrected chi connectivity index (χ1v) is 18.5. The fraction of sp³-hybridized carbons (Fsp3) is 0.657. The number of rotatable bonds is 15. The first kappa shape index (κ1) is 38.3. The lowest BCUT2D eigenvalue weighted by molar-refractivity contribution is -0.0640. The molecule has 3 rings (SSSR count). The van der Waals surface area contributed by atoms with Crippen molar-refractivity contribution in [1.82, 2.24) is 0 Å². The van der Waals surface area contributed by atoms with E-state index in [1.807, 2.05) is 30.3 Å². The van der Waals surface area contributed by atoms with Gasteiger partial charge >= 0.3 is 7.60 Å². The summed E-state index contributed by atoms with van der Waals surface area (Å²) in [5.74, 6) is 1.62. The number of hydrogen-bond donors (Lipinski definition) is 1. The van der Waals surface area contributed by atoms with Gasteiger partial charge in [0.1, 0.15) is 37.0 Å². The van der Waals surface area contributed by atoms with E-state index in [0.29, 0.717) is 70.1 Å². The lowest BCUT2D eigenvalue weighted by Crippen LogP contribution is -2.30. The van der Waals surface area contributed by atoms with Gasteiger partial charge in [-0.05, 0) is 49.6 Å². The van der Waals surface area contributed by atoms with Gasteiger partial charge in [0, 0.05) is 0 Å². The molecule has 46 heavy (non-hydrogen) atoms. The molecule has 0 aromatic heterocycles. The summed E-state index contributed by atoms with van der Waals surface area (Å²) in [5.41, 5.74) is 0.994. The Kier molecular flexibility index (Phi) is 19.3. The van der Waals surface area contributed by atoms with E-state index in [0.717, 1.165) is 24.8 Å². The van der Waals surface area contributed by atoms with E-state index >= 15 is 0 Å². The van der Waals surface area contributed by atoms with E-state index in [1.54, 1.807) is 19.1 Å². The monoisotopic (exact) mass is 666 g/mol. The van der Waals surface area contributed by atoms with Gasteiger partial charge in [-0.3, -0.25) is 4.57 Å². The molecule has 0 spiro atoms. The van der Waals surface area contributed by atoms with Crippen molar-refractivity contribution in [3.63, 3.8) is 0 Å². The molecule has 0 fully saturated rings. The lowest BCUT2D eigenvalue weighted by atomic mass is 10.0. The Labute approximate surface area is 275 Å². The van der Waals surface area contributed by atoms with Gasteiger partial charge in [-0.1, -0.05) is 70.1 Å². The predicted octanol–water partition coefficient (Wildman–Crippen LogP) is 6.50. The van der Waals surface area contributed by atoms with Crippen molar-refractivity contribution >= 4 is 12.9 Å². The minimum atomic E-state index is -4.08. The maximum atomic E-state index is 13.2. The van der Waals surface area contributed by atoms with Gasteiger partial charge in [-0.25, -0.2) is 0 Å². The fourth-order valence-corrected chi connectivity index (χ4v) is 6.25. The van der Waals surface area contributed by atoms with E-state index in [9.17, 15) is 9.46 Å². The average molecular weight is 667 g/mol. The van der Waals surface area contributed by atoms with Gasteiger partial charge in [0.25, 0.3) is 0 Å². The van der Waals surface area contributed by atoms with Crippen LogP contribution in [0.25, 0.3) is 0 Å². The molecule has 2 aromatic rings. The molecule has 0 saturated heterocycles. The van der Waals surface area contributed by atoms with E-state index in [4.69, 9.17) is 37.7 Å². The minimum absolute atomic E-state index is 0.112. The number of aryl methyl sites for hydroxylation is 1. The topological polar surface area (TPSA) is 111 Å². The molecule has 10 nitrogen and oxygen atoms in total. The zero-order chi connectivity index (χ0) is 32.7. The van der Waals surface area contributed by atoms with Crippen LogP contribution in [-0.2, 0) is 34.5 Å². The van der Waals surface area contributed by atoms with Crippen LogP contribution in [0.5, 0.6) is 17.2 Å². The summed E-state index contributed by atoms with van der Waals surface area (Å²) >= 11 is 0. The Morgan fingerprint density at radius 1 is 0.761 bits per heavy atom. The second kappa shape index (κ2) is 23.2. The van der Waals surface area contributed by atoms with Crippen LogP contribution in [0.2, 0.25) is 0 Å². The summed E-state index contributed by atoms with van der Waals surface area (Å²) in [6, 6.07) is 13.0. The highest BCUT2D eigenvalue weighted by atomic mass is 31.2. The highest BCUT2D eigenvalue weighted by Crippen LogP contribution is 2.44. The van der Waals surface area contributed by atoms with Gasteiger partial charge < -0.3 is 42.6 Å². The number of para-hydroxylation sites is 2. The number of ether oxygens (including phenoxy) is 7. The highest BCUT2D eigenvalue weighted by molar-refractivity contribution is 7.61. The van der Waals surface area contributed by atoms with Crippen molar-refractivity contribution in [3.8, 4) is 17.2 Å². The molecule has 1 N–H and O–H groups in total. The fourth-order valence-electron chi connectivity index (χ4n) is 5.02. The predicted molar refractivity (Wildman–Crippen MR) is 179 cm³/mol. The van der Waals surface area contributed by atoms with Crippen LogP contribution in [0, 0.1) is 0 Å². The van der Waals surface area contributed by atoms with Crippen molar-refractivity contribution in [2.75, 3.05) is 72.7 Å². The standard InChI is InChI=1S/C35H55O10P/c1-3-5-6-7-8-9-10-11-14-30-17-18-34(35(27-30)46(36,37)45-4-2)44-29-31-28-40-20-19-38-22-25-42-32-15-12-13-16-33(32)43-26-23-39-21-24-41-31/h12-13,15-18,27,31H,3-11,14,19-26,28-29H2,1-2H3,(H,36,37). The molecular weight excluding hydrogens is 611 g/mol. The van der Waals surface area contributed by atoms with E-state index in [-0.39, 0.29) is 25.1 Å². The zero-order valence-electron chi connectivity index (χ0n) is 27.8. The summed E-state index contributed by atoms with van der Waals surface area (Å²) in [4.78, 5) is 10.8. The maximum Gasteiger partial charge on any atom is 0.362 e. The molecule has 2 atom stereocenters. The van der Waals surface area contributed by atoms with E-state index in [1.165, 1.54) is 38.5 Å². The van der Waals surface area contributed by atoms with Crippen molar-refractivity contribution in [2.24, 2.45) is 0 Å². The Balaban J connectivity index is 1.54. The van der Waals surface area contributed by atoms with Crippen LogP contribution in [0.4, 0.5) is 0 Å². The number of benzene rings is 2. The average Bonchev–Trinajstić information content (AvgIpc) is 3.05. The SMILES string of the molecule is CCCCCCCCCCc1ccc(OCC2COCCOCCOc3ccccc3OCCOCCO2)c(P(=O)(O)OCC)c1. The summed E-state index contributed by atoms with van der Waals surface area (Å²) in [7, 11) is -4.08. The second-order valence-corrected chi connectivity index (χ2v) is 13.0. The maximum absolute atomic E-state index is 13.2. The van der Waals surface area contributed by atoms with Gasteiger partial charge in [-0.2, -0.15) is 0 Å². The molecule has 0 aliphatic carbocycles. The van der Waals surface area contributed by atoms with Gasteiger partial charge in [0.2, 0.25) is 0 Å². The Bertz CT molecular complexity index is 1130. The molecule has 260 valence electrons. The van der Waals surface area contributed by atoms with Gasteiger partial charge in [-0.15, -0.1) is 0 Å². The molecule has 1 aliphatic heterocycles. The molecule has 2 aromatic carbocycles. The largest absolute Gasteiger partial charge is 0.490 e. The number of hydrogen-bond acceptors (Lipinski definition) is 9. The van der Waals surface area contributed by atoms with Crippen LogP contribution in [0.1, 0.15) is 70.8 Å². The first-order valence-electron chi connectivity index (χ1n) is 17.0. The minimum Gasteiger partial charge on any atom is -0.490 e. The third-order valence-corrected chi connectivity index (χ3v) is 9.02. The third kappa shape index (κ3) is 15.2. The summed E-state index contributed by atoms with van der Waals surface area (Å²) < 4.78 is 59.4. The second-order valence-electron chi connectivity index (χ2n) is 11.2. The molecule has 2 unspecified atom stereocenters. The van der Waals surface area contributed by atoms with E-state index in [2.05, 4.69) is 6.92 Å². The molecule has 0 amide bonds. The van der Waals surface area contributed by atoms with E-state index < -0.39 is 13.7 Å². The first-order chi connectivity index (χ1) is 22.5. The Hall–Kier alpha value is -2.17. The number of fused-ring (bicyclic) bond motifs is 1.